The maximum Gasteiger partial charge on any atom is 0.234 e. The molecule has 6 rings (SSSR count). The third kappa shape index (κ3) is 7.90. The van der Waals surface area contributed by atoms with Crippen molar-refractivity contribution in [3.63, 3.8) is 0 Å². The number of ether oxygens (including phenoxy) is 1. The molecule has 2 aromatic heterocycles. The molecule has 15 heteroatoms. The van der Waals surface area contributed by atoms with E-state index in [0.717, 1.165) is 11.4 Å². The van der Waals surface area contributed by atoms with Crippen molar-refractivity contribution < 1.29 is 14.3 Å². The Bertz CT molecular complexity index is 1730. The summed E-state index contributed by atoms with van der Waals surface area (Å²) in [5.74, 6) is 1.07. The first-order chi connectivity index (χ1) is 22.1. The van der Waals surface area contributed by atoms with Crippen LogP contribution in [0.5, 0.6) is 11.5 Å². The van der Waals surface area contributed by atoms with Crippen LogP contribution >= 0.6 is 23.5 Å². The van der Waals surface area contributed by atoms with E-state index < -0.39 is 0 Å². The molecular weight excluding hydrogens is 613 g/mol. The molecule has 13 nitrogen and oxygen atoms in total. The van der Waals surface area contributed by atoms with Crippen LogP contribution in [0, 0.1) is 0 Å². The highest BCUT2D eigenvalue weighted by Crippen LogP contribution is 2.25. The van der Waals surface area contributed by atoms with Crippen LogP contribution in [-0.2, 0) is 9.59 Å². The molecule has 2 heterocycles. The van der Waals surface area contributed by atoms with Crippen molar-refractivity contribution in [1.29, 1.82) is 0 Å². The van der Waals surface area contributed by atoms with E-state index in [1.165, 1.54) is 23.5 Å². The molecule has 0 aliphatic heterocycles. The molecule has 0 aliphatic carbocycles. The summed E-state index contributed by atoms with van der Waals surface area (Å²) in [7, 11) is 0. The largest absolute Gasteiger partial charge is 0.457 e. The fourth-order valence-corrected chi connectivity index (χ4v) is 5.39. The number of benzene rings is 4. The van der Waals surface area contributed by atoms with Crippen LogP contribution in [-0.4, -0.2) is 63.7 Å². The zero-order valence-electron chi connectivity index (χ0n) is 23.4. The number of amides is 2. The van der Waals surface area contributed by atoms with Crippen molar-refractivity contribution in [3.05, 3.63) is 109 Å². The summed E-state index contributed by atoms with van der Waals surface area (Å²) in [5, 5.41) is 30.2. The van der Waals surface area contributed by atoms with Crippen molar-refractivity contribution in [2.45, 2.75) is 10.3 Å². The lowest BCUT2D eigenvalue weighted by Crippen LogP contribution is -2.14. The Hall–Kier alpha value is -5.54. The van der Waals surface area contributed by atoms with Gasteiger partial charge in [-0.1, -0.05) is 59.9 Å². The third-order valence-corrected chi connectivity index (χ3v) is 7.90. The van der Waals surface area contributed by atoms with Gasteiger partial charge in [0.1, 0.15) is 11.5 Å². The molecule has 45 heavy (non-hydrogen) atoms. The van der Waals surface area contributed by atoms with Gasteiger partial charge in [0.15, 0.2) is 0 Å². The van der Waals surface area contributed by atoms with Crippen LogP contribution in [0.1, 0.15) is 0 Å². The van der Waals surface area contributed by atoms with Crippen LogP contribution in [0.3, 0.4) is 0 Å². The van der Waals surface area contributed by atoms with E-state index in [-0.39, 0.29) is 23.3 Å². The average Bonchev–Trinajstić information content (AvgIpc) is 3.76. The molecule has 0 bridgehead atoms. The Labute approximate surface area is 265 Å². The second kappa shape index (κ2) is 14.3. The lowest BCUT2D eigenvalue weighted by molar-refractivity contribution is -0.114. The topological polar surface area (TPSA) is 155 Å². The molecule has 4 aromatic carbocycles. The zero-order chi connectivity index (χ0) is 30.8. The fourth-order valence-electron chi connectivity index (χ4n) is 4.00. The molecule has 2 N–H and O–H groups in total. The lowest BCUT2D eigenvalue weighted by atomic mass is 10.3. The first-order valence-electron chi connectivity index (χ1n) is 13.5. The highest BCUT2D eigenvalue weighted by Gasteiger charge is 2.13. The van der Waals surface area contributed by atoms with Gasteiger partial charge in [-0.25, -0.2) is 0 Å². The zero-order valence-corrected chi connectivity index (χ0v) is 25.1. The van der Waals surface area contributed by atoms with Gasteiger partial charge in [0.05, 0.1) is 22.9 Å². The fraction of sp³-hybridized carbons (Fsp3) is 0.0667. The van der Waals surface area contributed by atoms with Crippen molar-refractivity contribution in [2.75, 3.05) is 22.1 Å². The molecular formula is C30H24N10O3S2. The minimum absolute atomic E-state index is 0.138. The highest BCUT2D eigenvalue weighted by atomic mass is 32.2. The average molecular weight is 637 g/mol. The van der Waals surface area contributed by atoms with E-state index in [0.29, 0.717) is 33.2 Å². The molecule has 2 amide bonds. The summed E-state index contributed by atoms with van der Waals surface area (Å²) in [6.07, 6.45) is 0. The number of carbonyl (C=O) groups is 2. The molecule has 6 aromatic rings. The Morgan fingerprint density at radius 1 is 0.578 bits per heavy atom. The van der Waals surface area contributed by atoms with Crippen LogP contribution in [0.25, 0.3) is 11.4 Å². The van der Waals surface area contributed by atoms with Gasteiger partial charge in [0, 0.05) is 11.4 Å². The maximum absolute atomic E-state index is 12.5. The quantitative estimate of drug-likeness (QED) is 0.176. The molecule has 0 aliphatic rings. The molecule has 0 saturated heterocycles. The van der Waals surface area contributed by atoms with Gasteiger partial charge < -0.3 is 15.4 Å². The Morgan fingerprint density at radius 2 is 0.978 bits per heavy atom. The second-order valence-electron chi connectivity index (χ2n) is 9.24. The van der Waals surface area contributed by atoms with E-state index in [2.05, 4.69) is 41.7 Å². The monoisotopic (exact) mass is 636 g/mol. The van der Waals surface area contributed by atoms with E-state index >= 15 is 0 Å². The van der Waals surface area contributed by atoms with Crippen molar-refractivity contribution in [1.82, 2.24) is 40.4 Å². The van der Waals surface area contributed by atoms with Gasteiger partial charge in [0.2, 0.25) is 22.1 Å². The van der Waals surface area contributed by atoms with E-state index in [1.807, 2.05) is 60.7 Å². The number of carbonyl (C=O) groups excluding carboxylic acids is 2. The summed E-state index contributed by atoms with van der Waals surface area (Å²) in [4.78, 5) is 25.1. The number of nitrogens with zero attached hydrogens (tertiary/aromatic N) is 8. The van der Waals surface area contributed by atoms with Gasteiger partial charge >= 0.3 is 0 Å². The van der Waals surface area contributed by atoms with Crippen molar-refractivity contribution in [3.8, 4) is 22.9 Å². The number of aromatic nitrogens is 8. The molecule has 0 saturated carbocycles. The van der Waals surface area contributed by atoms with Crippen LogP contribution in [0.15, 0.2) is 120 Å². The summed E-state index contributed by atoms with van der Waals surface area (Å²) in [6, 6.07) is 33.0. The number of hydrogen-bond donors (Lipinski definition) is 2. The SMILES string of the molecule is O=C(CSc1nnnn1-c1ccccc1)Nc1ccc(Oc2ccc(NC(=O)CSc3nnnn3-c3ccccc3)cc2)cc1. The highest BCUT2D eigenvalue weighted by molar-refractivity contribution is 8.00. The predicted molar refractivity (Wildman–Crippen MR) is 170 cm³/mol. The molecule has 0 atom stereocenters. The van der Waals surface area contributed by atoms with Crippen LogP contribution in [0.4, 0.5) is 11.4 Å². The maximum atomic E-state index is 12.5. The Kier molecular flexibility index (Phi) is 9.38. The van der Waals surface area contributed by atoms with E-state index in [4.69, 9.17) is 4.74 Å². The van der Waals surface area contributed by atoms with Gasteiger partial charge in [-0.2, -0.15) is 9.36 Å². The molecule has 0 spiro atoms. The number of tetrazole rings is 2. The molecule has 0 radical (unpaired) electrons. The van der Waals surface area contributed by atoms with Gasteiger partial charge in [0.25, 0.3) is 0 Å². The van der Waals surface area contributed by atoms with Gasteiger partial charge in [-0.3, -0.25) is 9.59 Å². The standard InChI is InChI=1S/C30H24N10O3S2/c41-27(19-44-29-33-35-37-39(29)23-7-3-1-4-8-23)31-21-11-15-25(16-12-21)43-26-17-13-22(14-18-26)32-28(42)20-45-30-34-36-38-40(30)24-9-5-2-6-10-24/h1-18H,19-20H2,(H,31,41)(H,32,42). The number of hydrogen-bond acceptors (Lipinski definition) is 11. The van der Waals surface area contributed by atoms with E-state index in [1.54, 1.807) is 57.9 Å². The summed E-state index contributed by atoms with van der Waals surface area (Å²) < 4.78 is 9.09. The molecule has 0 unspecified atom stereocenters. The first kappa shape index (κ1) is 29.5. The van der Waals surface area contributed by atoms with Crippen molar-refractivity contribution >= 4 is 46.7 Å². The summed E-state index contributed by atoms with van der Waals surface area (Å²) >= 11 is 2.48. The first-order valence-corrected chi connectivity index (χ1v) is 15.5. The second-order valence-corrected chi connectivity index (χ2v) is 11.1. The minimum Gasteiger partial charge on any atom is -0.457 e. The van der Waals surface area contributed by atoms with Crippen LogP contribution < -0.4 is 15.4 Å². The predicted octanol–water partition coefficient (Wildman–Crippen LogP) is 4.89. The third-order valence-electron chi connectivity index (χ3n) is 6.06. The van der Waals surface area contributed by atoms with Crippen molar-refractivity contribution in [2.24, 2.45) is 0 Å². The van der Waals surface area contributed by atoms with E-state index in [9.17, 15) is 9.59 Å². The number of rotatable bonds is 12. The smallest absolute Gasteiger partial charge is 0.234 e. The number of thioether (sulfide) groups is 2. The van der Waals surface area contributed by atoms with Gasteiger partial charge in [-0.15, -0.1) is 10.2 Å². The number of anilines is 2. The van der Waals surface area contributed by atoms with Gasteiger partial charge in [-0.05, 0) is 93.6 Å². The molecule has 0 fully saturated rings. The Morgan fingerprint density at radius 3 is 1.38 bits per heavy atom. The summed E-state index contributed by atoms with van der Waals surface area (Å²) in [6.45, 7) is 0. The lowest BCUT2D eigenvalue weighted by Gasteiger charge is -2.09. The molecule has 224 valence electrons. The minimum atomic E-state index is -0.193. The summed E-state index contributed by atoms with van der Waals surface area (Å²) in [5.41, 5.74) is 2.89. The van der Waals surface area contributed by atoms with Crippen LogP contribution in [0.2, 0.25) is 0 Å². The number of nitrogens with one attached hydrogen (secondary N) is 2. The number of para-hydroxylation sites is 2. The normalized spacial score (nSPS) is 10.8. The Balaban J connectivity index is 0.952.